The van der Waals surface area contributed by atoms with Crippen molar-refractivity contribution in [2.24, 2.45) is 4.99 Å². The zero-order valence-electron chi connectivity index (χ0n) is 21.2. The number of aliphatic imine (C=N–C) groups is 1. The second kappa shape index (κ2) is 10.4. The molecule has 0 saturated carbocycles. The summed E-state index contributed by atoms with van der Waals surface area (Å²) in [5.41, 5.74) is 4.29. The van der Waals surface area contributed by atoms with Gasteiger partial charge in [-0.3, -0.25) is 14.4 Å². The van der Waals surface area contributed by atoms with Crippen LogP contribution in [0.2, 0.25) is 5.02 Å². The Kier molecular flexibility index (Phi) is 7.98. The molecule has 1 aliphatic rings. The number of aromatic nitrogens is 3. The number of thiophene rings is 1. The van der Waals surface area contributed by atoms with E-state index in [1.165, 1.54) is 27.9 Å². The molecule has 0 aliphatic carbocycles. The fourth-order valence-electron chi connectivity index (χ4n) is 3.88. The number of aryl methyl sites for hydroxylation is 1. The van der Waals surface area contributed by atoms with Gasteiger partial charge >= 0.3 is 5.97 Å². The molecule has 0 bridgehead atoms. The minimum atomic E-state index is -0.328. The number of rotatable bonds is 3. The van der Waals surface area contributed by atoms with Crippen LogP contribution in [-0.4, -0.2) is 32.0 Å². The van der Waals surface area contributed by atoms with Crippen molar-refractivity contribution >= 4 is 34.6 Å². The Labute approximate surface area is 211 Å². The van der Waals surface area contributed by atoms with Crippen LogP contribution in [0, 0.1) is 13.8 Å². The zero-order chi connectivity index (χ0) is 25.2. The van der Waals surface area contributed by atoms with Crippen LogP contribution in [0.25, 0.3) is 5.00 Å². The molecule has 1 atom stereocenters. The van der Waals surface area contributed by atoms with Gasteiger partial charge < -0.3 is 4.74 Å². The first kappa shape index (κ1) is 26.1. The third kappa shape index (κ3) is 5.76. The van der Waals surface area contributed by atoms with E-state index in [4.69, 9.17) is 21.3 Å². The molecule has 0 amide bonds. The molecule has 3 heterocycles. The van der Waals surface area contributed by atoms with E-state index >= 15 is 0 Å². The number of fused-ring (bicyclic) bond motifs is 3. The highest BCUT2D eigenvalue weighted by molar-refractivity contribution is 7.15. The van der Waals surface area contributed by atoms with Gasteiger partial charge in [-0.05, 0) is 64.7 Å². The van der Waals surface area contributed by atoms with Crippen LogP contribution in [-0.2, 0) is 16.1 Å². The highest BCUT2D eigenvalue weighted by atomic mass is 35.5. The Bertz CT molecular complexity index is 1200. The van der Waals surface area contributed by atoms with E-state index in [-0.39, 0.29) is 11.6 Å². The number of ether oxygens (including phenoxy) is 1. The normalized spacial score (nSPS) is 13.6. The lowest BCUT2D eigenvalue weighted by atomic mass is 9.96. The smallest absolute Gasteiger partial charge is 0.303 e. The van der Waals surface area contributed by atoms with Crippen molar-refractivity contribution in [1.82, 2.24) is 14.8 Å². The lowest BCUT2D eigenvalue weighted by Crippen LogP contribution is -2.21. The minimum absolute atomic E-state index is 0.225. The molecular formula is C26H33ClN4O2S. The summed E-state index contributed by atoms with van der Waals surface area (Å²) in [6, 6.07) is 7.94. The molecule has 0 saturated heterocycles. The highest BCUT2D eigenvalue weighted by Crippen LogP contribution is 2.40. The topological polar surface area (TPSA) is 69.4 Å². The van der Waals surface area contributed by atoms with Crippen molar-refractivity contribution < 1.29 is 9.53 Å². The summed E-state index contributed by atoms with van der Waals surface area (Å²) in [5, 5.41) is 10.6. The van der Waals surface area contributed by atoms with Crippen molar-refractivity contribution in [2.45, 2.75) is 79.9 Å². The fraction of sp³-hybridized carbons (Fsp3) is 0.462. The van der Waals surface area contributed by atoms with Gasteiger partial charge in [-0.15, -0.1) is 21.5 Å². The summed E-state index contributed by atoms with van der Waals surface area (Å²) in [7, 11) is 0. The van der Waals surface area contributed by atoms with E-state index in [2.05, 4.69) is 35.5 Å². The molecule has 0 radical (unpaired) electrons. The quantitative estimate of drug-likeness (QED) is 0.370. The van der Waals surface area contributed by atoms with Crippen LogP contribution in [0.4, 0.5) is 0 Å². The SMILES string of the molecule is CC(=O)OC(C)(C)C.CCC(C)c1sc2c(c1C)C(c1ccc(Cl)cc1)=NCc1nnc(C)n1-2. The lowest BCUT2D eigenvalue weighted by Gasteiger charge is -2.17. The minimum Gasteiger partial charge on any atom is -0.460 e. The lowest BCUT2D eigenvalue weighted by molar-refractivity contribution is -0.151. The van der Waals surface area contributed by atoms with Gasteiger partial charge in [0.15, 0.2) is 5.82 Å². The van der Waals surface area contributed by atoms with Gasteiger partial charge in [-0.2, -0.15) is 0 Å². The van der Waals surface area contributed by atoms with Crippen LogP contribution < -0.4 is 0 Å². The second-order valence-electron chi connectivity index (χ2n) is 9.46. The molecule has 8 heteroatoms. The number of carbonyl (C=O) groups is 1. The molecule has 182 valence electrons. The molecule has 1 aromatic carbocycles. The van der Waals surface area contributed by atoms with Crippen molar-refractivity contribution in [3.63, 3.8) is 0 Å². The van der Waals surface area contributed by atoms with Crippen molar-refractivity contribution in [1.29, 1.82) is 0 Å². The number of hydrogen-bond acceptors (Lipinski definition) is 6. The van der Waals surface area contributed by atoms with Gasteiger partial charge in [-0.25, -0.2) is 0 Å². The predicted octanol–water partition coefficient (Wildman–Crippen LogP) is 6.81. The van der Waals surface area contributed by atoms with Crippen molar-refractivity contribution in [3.05, 3.63) is 62.5 Å². The van der Waals surface area contributed by atoms with E-state index in [9.17, 15) is 4.79 Å². The molecule has 34 heavy (non-hydrogen) atoms. The monoisotopic (exact) mass is 500 g/mol. The van der Waals surface area contributed by atoms with Gasteiger partial charge in [0, 0.05) is 28.0 Å². The van der Waals surface area contributed by atoms with Crippen molar-refractivity contribution in [3.8, 4) is 5.00 Å². The highest BCUT2D eigenvalue weighted by Gasteiger charge is 2.28. The van der Waals surface area contributed by atoms with E-state index < -0.39 is 0 Å². The van der Waals surface area contributed by atoms with Crippen LogP contribution in [0.15, 0.2) is 29.3 Å². The number of nitrogens with zero attached hydrogens (tertiary/aromatic N) is 4. The number of carbonyl (C=O) groups excluding carboxylic acids is 1. The van der Waals surface area contributed by atoms with Crippen LogP contribution in [0.3, 0.4) is 0 Å². The second-order valence-corrected chi connectivity index (χ2v) is 10.9. The third-order valence-electron chi connectivity index (χ3n) is 5.50. The molecule has 1 aliphatic heterocycles. The number of halogens is 1. The first-order chi connectivity index (χ1) is 15.9. The maximum absolute atomic E-state index is 10.2. The predicted molar refractivity (Wildman–Crippen MR) is 140 cm³/mol. The average Bonchev–Trinajstić information content (AvgIpc) is 3.21. The van der Waals surface area contributed by atoms with Gasteiger partial charge in [0.05, 0.1) is 5.71 Å². The van der Waals surface area contributed by atoms with Gasteiger partial charge in [0.2, 0.25) is 0 Å². The summed E-state index contributed by atoms with van der Waals surface area (Å²) < 4.78 is 6.97. The standard InChI is InChI=1S/C20H21ClN4S.C6H12O2/c1-5-11(2)19-12(3)17-18(14-6-8-15(21)9-7-14)22-10-16-24-23-13(4)25(16)20(17)26-19;1-5(7)8-6(2,3)4/h6-9,11H,5,10H2,1-4H3;1-4H3. The maximum atomic E-state index is 10.2. The fourth-order valence-corrected chi connectivity index (χ4v) is 5.52. The third-order valence-corrected chi connectivity index (χ3v) is 7.26. The van der Waals surface area contributed by atoms with Gasteiger partial charge in [-0.1, -0.05) is 37.6 Å². The van der Waals surface area contributed by atoms with E-state index in [1.54, 1.807) is 0 Å². The average molecular weight is 501 g/mol. The molecule has 1 unspecified atom stereocenters. The molecule has 0 spiro atoms. The van der Waals surface area contributed by atoms with E-state index in [1.807, 2.05) is 63.3 Å². The van der Waals surface area contributed by atoms with E-state index in [0.717, 1.165) is 34.4 Å². The van der Waals surface area contributed by atoms with Crippen LogP contribution in [0.1, 0.15) is 87.1 Å². The summed E-state index contributed by atoms with van der Waals surface area (Å²) in [4.78, 5) is 16.6. The van der Waals surface area contributed by atoms with Crippen molar-refractivity contribution in [2.75, 3.05) is 0 Å². The summed E-state index contributed by atoms with van der Waals surface area (Å²) in [5.74, 6) is 2.09. The molecule has 0 N–H and O–H groups in total. The van der Waals surface area contributed by atoms with Crippen LogP contribution in [0.5, 0.6) is 0 Å². The number of benzene rings is 1. The zero-order valence-corrected chi connectivity index (χ0v) is 22.8. The Hall–Kier alpha value is -2.51. The summed E-state index contributed by atoms with van der Waals surface area (Å²) >= 11 is 7.94. The summed E-state index contributed by atoms with van der Waals surface area (Å²) in [6.45, 7) is 16.2. The van der Waals surface area contributed by atoms with Gasteiger partial charge in [0.1, 0.15) is 23.0 Å². The molecule has 6 nitrogen and oxygen atoms in total. The molecule has 2 aromatic heterocycles. The largest absolute Gasteiger partial charge is 0.460 e. The number of esters is 1. The number of hydrogen-bond donors (Lipinski definition) is 0. The summed E-state index contributed by atoms with van der Waals surface area (Å²) in [6.07, 6.45) is 1.11. The Balaban J connectivity index is 0.000000350. The van der Waals surface area contributed by atoms with E-state index in [0.29, 0.717) is 12.5 Å². The Morgan fingerprint density at radius 1 is 1.21 bits per heavy atom. The molecule has 4 rings (SSSR count). The van der Waals surface area contributed by atoms with Gasteiger partial charge in [0.25, 0.3) is 0 Å². The molecular weight excluding hydrogens is 468 g/mol. The maximum Gasteiger partial charge on any atom is 0.303 e. The van der Waals surface area contributed by atoms with Crippen LogP contribution >= 0.6 is 22.9 Å². The Morgan fingerprint density at radius 2 is 1.85 bits per heavy atom. The Morgan fingerprint density at radius 3 is 2.38 bits per heavy atom. The molecule has 0 fully saturated rings. The first-order valence-electron chi connectivity index (χ1n) is 11.5. The molecule has 3 aromatic rings. The first-order valence-corrected chi connectivity index (χ1v) is 12.7.